The molecule has 0 aromatic heterocycles. The van der Waals surface area contributed by atoms with Crippen molar-refractivity contribution in [1.82, 2.24) is 0 Å². The van der Waals surface area contributed by atoms with Crippen molar-refractivity contribution in [3.05, 3.63) is 35.9 Å². The first-order valence-electron chi connectivity index (χ1n) is 5.05. The van der Waals surface area contributed by atoms with E-state index in [1.807, 2.05) is 30.3 Å². The Labute approximate surface area is 93.9 Å². The van der Waals surface area contributed by atoms with Gasteiger partial charge in [0, 0.05) is 17.9 Å². The van der Waals surface area contributed by atoms with Gasteiger partial charge in [-0.1, -0.05) is 42.1 Å². The van der Waals surface area contributed by atoms with E-state index >= 15 is 0 Å². The minimum absolute atomic E-state index is 0.624. The lowest BCUT2D eigenvalue weighted by atomic mass is 10.2. The van der Waals surface area contributed by atoms with Crippen molar-refractivity contribution in [3.8, 4) is 0 Å². The van der Waals surface area contributed by atoms with Crippen LogP contribution in [-0.4, -0.2) is 25.5 Å². The van der Waals surface area contributed by atoms with Crippen molar-refractivity contribution in [1.29, 1.82) is 0 Å². The molecule has 2 N–H and O–H groups in total. The lowest BCUT2D eigenvalue weighted by molar-refractivity contribution is -0.0814. The van der Waals surface area contributed by atoms with Gasteiger partial charge in [-0.15, -0.1) is 0 Å². The van der Waals surface area contributed by atoms with Crippen LogP contribution in [0.2, 0.25) is 0 Å². The molecule has 1 heterocycles. The second-order valence-electron chi connectivity index (χ2n) is 3.26. The third-order valence-corrected chi connectivity index (χ3v) is 3.50. The minimum Gasteiger partial charge on any atom is -0.335 e. The van der Waals surface area contributed by atoms with Gasteiger partial charge in [-0.2, -0.15) is 0 Å². The first-order chi connectivity index (χ1) is 7.37. The van der Waals surface area contributed by atoms with Crippen molar-refractivity contribution >= 4 is 11.8 Å². The van der Waals surface area contributed by atoms with Crippen LogP contribution in [0, 0.1) is 0 Å². The zero-order chi connectivity index (χ0) is 10.6. The van der Waals surface area contributed by atoms with Gasteiger partial charge in [0.2, 0.25) is 5.12 Å². The number of ether oxygens (including phenoxy) is 2. The summed E-state index contributed by atoms with van der Waals surface area (Å²) in [5.74, 6) is 0.828. The van der Waals surface area contributed by atoms with Gasteiger partial charge in [0.05, 0.1) is 13.2 Å². The van der Waals surface area contributed by atoms with E-state index in [0.717, 1.165) is 11.3 Å². The Bertz CT molecular complexity index is 299. The van der Waals surface area contributed by atoms with Gasteiger partial charge in [0.1, 0.15) is 0 Å². The number of thioether (sulfide) groups is 1. The monoisotopic (exact) mass is 225 g/mol. The smallest absolute Gasteiger partial charge is 0.246 e. The molecule has 1 saturated heterocycles. The largest absolute Gasteiger partial charge is 0.335 e. The van der Waals surface area contributed by atoms with Crippen LogP contribution in [0.15, 0.2) is 30.3 Å². The van der Waals surface area contributed by atoms with Gasteiger partial charge >= 0.3 is 0 Å². The molecule has 2 rings (SSSR count). The minimum atomic E-state index is -0.624. The third kappa shape index (κ3) is 2.34. The van der Waals surface area contributed by atoms with E-state index in [0.29, 0.717) is 19.8 Å². The molecule has 0 spiro atoms. The second-order valence-corrected chi connectivity index (χ2v) is 4.49. The molecule has 1 aromatic rings. The molecule has 0 aliphatic carbocycles. The molecule has 3 nitrogen and oxygen atoms in total. The number of hydrogen-bond acceptors (Lipinski definition) is 4. The quantitative estimate of drug-likeness (QED) is 0.844. The van der Waals surface area contributed by atoms with E-state index in [9.17, 15) is 0 Å². The molecule has 1 aliphatic rings. The number of nitrogens with two attached hydrogens (primary N) is 1. The first-order valence-corrected chi connectivity index (χ1v) is 6.03. The molecule has 1 fully saturated rings. The molecule has 0 unspecified atom stereocenters. The van der Waals surface area contributed by atoms with Crippen molar-refractivity contribution < 1.29 is 9.47 Å². The van der Waals surface area contributed by atoms with E-state index < -0.39 is 5.12 Å². The summed E-state index contributed by atoms with van der Waals surface area (Å²) in [4.78, 5) is 0. The maximum atomic E-state index is 5.71. The summed E-state index contributed by atoms with van der Waals surface area (Å²) in [5, 5.41) is -0.624. The summed E-state index contributed by atoms with van der Waals surface area (Å²) >= 11 is 1.62. The summed E-state index contributed by atoms with van der Waals surface area (Å²) < 4.78 is 11.4. The van der Waals surface area contributed by atoms with Crippen LogP contribution in [0.1, 0.15) is 5.56 Å². The molecular formula is C11H15NO2S. The summed E-state index contributed by atoms with van der Waals surface area (Å²) in [5.41, 5.74) is 6.57. The fraction of sp³-hybridized carbons (Fsp3) is 0.455. The van der Waals surface area contributed by atoms with Gasteiger partial charge in [-0.3, -0.25) is 0 Å². The number of rotatable bonds is 4. The van der Waals surface area contributed by atoms with E-state index in [-0.39, 0.29) is 0 Å². The summed E-state index contributed by atoms with van der Waals surface area (Å²) in [7, 11) is 0. The Morgan fingerprint density at radius 2 is 1.87 bits per heavy atom. The first kappa shape index (κ1) is 11.0. The normalized spacial score (nSPS) is 19.3. The topological polar surface area (TPSA) is 44.5 Å². The van der Waals surface area contributed by atoms with Gasteiger partial charge in [0.15, 0.2) is 0 Å². The Balaban J connectivity index is 2.19. The molecule has 0 atom stereocenters. The Morgan fingerprint density at radius 3 is 2.47 bits per heavy atom. The predicted octanol–water partition coefficient (Wildman–Crippen LogP) is 1.54. The highest BCUT2D eigenvalue weighted by molar-refractivity contribution is 7.99. The Kier molecular flexibility index (Phi) is 3.64. The van der Waals surface area contributed by atoms with Crippen molar-refractivity contribution in [2.45, 2.75) is 5.12 Å². The summed E-state index contributed by atoms with van der Waals surface area (Å²) in [6, 6.07) is 10.0. The van der Waals surface area contributed by atoms with Crippen LogP contribution >= 0.6 is 11.8 Å². The second kappa shape index (κ2) is 4.99. The standard InChI is InChI=1S/C11H15NO2S/c12-6-9-15-11(13-7-8-14-11)10-4-2-1-3-5-10/h1-5H,6-9,12H2. The van der Waals surface area contributed by atoms with E-state index in [2.05, 4.69) is 0 Å². The van der Waals surface area contributed by atoms with Crippen molar-refractivity contribution in [2.24, 2.45) is 5.73 Å². The van der Waals surface area contributed by atoms with Crippen molar-refractivity contribution in [3.63, 3.8) is 0 Å². The van der Waals surface area contributed by atoms with Crippen LogP contribution in [0.5, 0.6) is 0 Å². The molecule has 0 amide bonds. The molecule has 1 aromatic carbocycles. The fourth-order valence-corrected chi connectivity index (χ4v) is 2.59. The number of hydrogen-bond donors (Lipinski definition) is 1. The average molecular weight is 225 g/mol. The molecule has 0 bridgehead atoms. The summed E-state index contributed by atoms with van der Waals surface area (Å²) in [6.45, 7) is 1.92. The highest BCUT2D eigenvalue weighted by atomic mass is 32.2. The van der Waals surface area contributed by atoms with Gasteiger partial charge in [-0.05, 0) is 0 Å². The van der Waals surface area contributed by atoms with Gasteiger partial charge < -0.3 is 15.2 Å². The SMILES string of the molecule is NCCSC1(c2ccccc2)OCCO1. The number of benzene rings is 1. The fourth-order valence-electron chi connectivity index (χ4n) is 1.56. The Hall–Kier alpha value is -0.550. The average Bonchev–Trinajstić information content (AvgIpc) is 2.78. The highest BCUT2D eigenvalue weighted by Gasteiger charge is 2.38. The van der Waals surface area contributed by atoms with Crippen LogP contribution < -0.4 is 5.73 Å². The lowest BCUT2D eigenvalue weighted by Gasteiger charge is -2.26. The Morgan fingerprint density at radius 1 is 1.20 bits per heavy atom. The molecule has 4 heteroatoms. The van der Waals surface area contributed by atoms with Crippen LogP contribution in [0.4, 0.5) is 0 Å². The maximum absolute atomic E-state index is 5.71. The van der Waals surface area contributed by atoms with Gasteiger partial charge in [0.25, 0.3) is 0 Å². The van der Waals surface area contributed by atoms with E-state index in [1.54, 1.807) is 11.8 Å². The zero-order valence-corrected chi connectivity index (χ0v) is 9.33. The molecule has 82 valence electrons. The highest BCUT2D eigenvalue weighted by Crippen LogP contribution is 2.41. The van der Waals surface area contributed by atoms with Crippen LogP contribution in [-0.2, 0) is 14.6 Å². The van der Waals surface area contributed by atoms with Crippen LogP contribution in [0.3, 0.4) is 0 Å². The molecule has 15 heavy (non-hydrogen) atoms. The maximum Gasteiger partial charge on any atom is 0.246 e. The lowest BCUT2D eigenvalue weighted by Crippen LogP contribution is -2.24. The summed E-state index contributed by atoms with van der Waals surface area (Å²) in [6.07, 6.45) is 0. The zero-order valence-electron chi connectivity index (χ0n) is 8.52. The predicted molar refractivity (Wildman–Crippen MR) is 61.5 cm³/mol. The molecule has 0 radical (unpaired) electrons. The van der Waals surface area contributed by atoms with E-state index in [1.165, 1.54) is 0 Å². The van der Waals surface area contributed by atoms with Gasteiger partial charge in [-0.25, -0.2) is 0 Å². The van der Waals surface area contributed by atoms with E-state index in [4.69, 9.17) is 15.2 Å². The van der Waals surface area contributed by atoms with Crippen LogP contribution in [0.25, 0.3) is 0 Å². The molecular weight excluding hydrogens is 210 g/mol. The molecule has 0 saturated carbocycles. The molecule has 1 aliphatic heterocycles. The third-order valence-electron chi connectivity index (χ3n) is 2.20. The van der Waals surface area contributed by atoms with Crippen molar-refractivity contribution in [2.75, 3.05) is 25.5 Å².